The number of nitrogens with one attached hydrogen (secondary N) is 2. The number of hydrogen-bond donors (Lipinski definition) is 4. The van der Waals surface area contributed by atoms with Crippen molar-refractivity contribution < 1.29 is 19.1 Å². The number of amides is 2. The Balaban J connectivity index is 2.84. The van der Waals surface area contributed by atoms with Crippen LogP contribution in [0.25, 0.3) is 0 Å². The van der Waals surface area contributed by atoms with Gasteiger partial charge in [-0.15, -0.1) is 0 Å². The summed E-state index contributed by atoms with van der Waals surface area (Å²) in [6.45, 7) is 3.58. The van der Waals surface area contributed by atoms with E-state index in [0.717, 1.165) is 0 Å². The van der Waals surface area contributed by atoms with Gasteiger partial charge in [0.25, 0.3) is 0 Å². The number of ether oxygens (including phenoxy) is 1. The Morgan fingerprint density at radius 2 is 1.92 bits per heavy atom. The van der Waals surface area contributed by atoms with Gasteiger partial charge >= 0.3 is 5.97 Å². The van der Waals surface area contributed by atoms with Crippen LogP contribution in [0.3, 0.4) is 0 Å². The molecular formula is C17H25N5O4. The molecule has 0 heterocycles. The standard InChI is InChI=1S/C17H25N5O4/c1-3-26-16(25)12-7-4-5-8-13(12)22-15(24)14(21-11(2)23)9-6-10-20-17(18)19/h4-5,7-8,14H,3,6,9-10H2,1-2H3,(H,21,23)(H,22,24)(H4,18,19,20)/t14-/m0/s1. The number of carbonyl (C=O) groups excluding carboxylic acids is 3. The molecule has 0 fully saturated rings. The van der Waals surface area contributed by atoms with Gasteiger partial charge in [0.15, 0.2) is 5.96 Å². The zero-order valence-corrected chi connectivity index (χ0v) is 15.0. The summed E-state index contributed by atoms with van der Waals surface area (Å²) in [5.74, 6) is -1.35. The number of aliphatic imine (C=N–C) groups is 1. The highest BCUT2D eigenvalue weighted by atomic mass is 16.5. The fourth-order valence-corrected chi connectivity index (χ4v) is 2.22. The van der Waals surface area contributed by atoms with Crippen molar-refractivity contribution in [3.63, 3.8) is 0 Å². The monoisotopic (exact) mass is 363 g/mol. The fraction of sp³-hybridized carbons (Fsp3) is 0.412. The summed E-state index contributed by atoms with van der Waals surface area (Å²) in [5.41, 5.74) is 11.1. The van der Waals surface area contributed by atoms with Crippen LogP contribution in [0.5, 0.6) is 0 Å². The Morgan fingerprint density at radius 1 is 1.23 bits per heavy atom. The number of nitrogens with two attached hydrogens (primary N) is 2. The first-order valence-electron chi connectivity index (χ1n) is 8.24. The molecule has 0 aliphatic heterocycles. The van der Waals surface area contributed by atoms with Gasteiger partial charge in [0.1, 0.15) is 6.04 Å². The van der Waals surface area contributed by atoms with Crippen molar-refractivity contribution in [2.24, 2.45) is 16.5 Å². The summed E-state index contributed by atoms with van der Waals surface area (Å²) in [6.07, 6.45) is 0.833. The average molecular weight is 363 g/mol. The fourth-order valence-electron chi connectivity index (χ4n) is 2.22. The number of guanidine groups is 1. The highest BCUT2D eigenvalue weighted by molar-refractivity contribution is 6.03. The number of esters is 1. The molecular weight excluding hydrogens is 338 g/mol. The molecule has 0 unspecified atom stereocenters. The molecule has 0 aliphatic carbocycles. The smallest absolute Gasteiger partial charge is 0.340 e. The lowest BCUT2D eigenvalue weighted by molar-refractivity contribution is -0.125. The summed E-state index contributed by atoms with van der Waals surface area (Å²) in [4.78, 5) is 39.8. The molecule has 0 aliphatic rings. The molecule has 1 rings (SSSR count). The maximum absolute atomic E-state index is 12.5. The molecule has 142 valence electrons. The van der Waals surface area contributed by atoms with Gasteiger partial charge in [-0.05, 0) is 31.9 Å². The Labute approximate surface area is 152 Å². The molecule has 1 aromatic rings. The topological polar surface area (TPSA) is 149 Å². The van der Waals surface area contributed by atoms with E-state index < -0.39 is 17.9 Å². The lowest BCUT2D eigenvalue weighted by Gasteiger charge is -2.18. The van der Waals surface area contributed by atoms with E-state index in [9.17, 15) is 14.4 Å². The predicted octanol–water partition coefficient (Wildman–Crippen LogP) is 0.360. The first-order chi connectivity index (χ1) is 12.3. The normalized spacial score (nSPS) is 11.2. The molecule has 0 radical (unpaired) electrons. The molecule has 0 saturated carbocycles. The number of anilines is 1. The van der Waals surface area contributed by atoms with Crippen molar-refractivity contribution in [1.29, 1.82) is 0 Å². The number of hydrogen-bond acceptors (Lipinski definition) is 5. The van der Waals surface area contributed by atoms with Crippen molar-refractivity contribution in [2.45, 2.75) is 32.7 Å². The van der Waals surface area contributed by atoms with Crippen LogP contribution in [0, 0.1) is 0 Å². The Kier molecular flexibility index (Phi) is 8.62. The van der Waals surface area contributed by atoms with E-state index in [4.69, 9.17) is 16.2 Å². The third-order valence-corrected chi connectivity index (χ3v) is 3.32. The number of para-hydroxylation sites is 1. The first-order valence-corrected chi connectivity index (χ1v) is 8.24. The SMILES string of the molecule is CCOC(=O)c1ccccc1NC(=O)[C@H](CCCN=C(N)N)NC(C)=O. The molecule has 1 aromatic carbocycles. The molecule has 0 bridgehead atoms. The van der Waals surface area contributed by atoms with E-state index in [0.29, 0.717) is 25.1 Å². The highest BCUT2D eigenvalue weighted by Gasteiger charge is 2.21. The van der Waals surface area contributed by atoms with Crippen LogP contribution >= 0.6 is 0 Å². The van der Waals surface area contributed by atoms with Crippen molar-refractivity contribution >= 4 is 29.4 Å². The maximum Gasteiger partial charge on any atom is 0.340 e. The van der Waals surface area contributed by atoms with Crippen molar-refractivity contribution in [3.8, 4) is 0 Å². The maximum atomic E-state index is 12.5. The van der Waals surface area contributed by atoms with Gasteiger partial charge in [0, 0.05) is 13.5 Å². The van der Waals surface area contributed by atoms with E-state index >= 15 is 0 Å². The van der Waals surface area contributed by atoms with Crippen LogP contribution in [0.4, 0.5) is 5.69 Å². The van der Waals surface area contributed by atoms with Gasteiger partial charge in [-0.2, -0.15) is 0 Å². The van der Waals surface area contributed by atoms with Gasteiger partial charge in [-0.1, -0.05) is 12.1 Å². The number of carbonyl (C=O) groups is 3. The van der Waals surface area contributed by atoms with Crippen LogP contribution in [0.1, 0.15) is 37.0 Å². The van der Waals surface area contributed by atoms with E-state index in [1.807, 2.05) is 0 Å². The number of nitrogens with zero attached hydrogens (tertiary/aromatic N) is 1. The van der Waals surface area contributed by atoms with E-state index in [1.54, 1.807) is 31.2 Å². The predicted molar refractivity (Wildman–Crippen MR) is 98.5 cm³/mol. The molecule has 0 aromatic heterocycles. The summed E-state index contributed by atoms with van der Waals surface area (Å²) in [6, 6.07) is 5.72. The second kappa shape index (κ2) is 10.7. The van der Waals surface area contributed by atoms with Crippen molar-refractivity contribution in [1.82, 2.24) is 5.32 Å². The Bertz CT molecular complexity index is 671. The van der Waals surface area contributed by atoms with Gasteiger partial charge < -0.3 is 26.8 Å². The summed E-state index contributed by atoms with van der Waals surface area (Å²) in [7, 11) is 0. The molecule has 6 N–H and O–H groups in total. The summed E-state index contributed by atoms with van der Waals surface area (Å²) in [5, 5.41) is 5.25. The molecule has 2 amide bonds. The molecule has 26 heavy (non-hydrogen) atoms. The van der Waals surface area contributed by atoms with Crippen molar-refractivity contribution in [3.05, 3.63) is 29.8 Å². The molecule has 9 nitrogen and oxygen atoms in total. The largest absolute Gasteiger partial charge is 0.462 e. The zero-order valence-electron chi connectivity index (χ0n) is 15.0. The molecule has 9 heteroatoms. The van der Waals surface area contributed by atoms with Crippen molar-refractivity contribution in [2.75, 3.05) is 18.5 Å². The highest BCUT2D eigenvalue weighted by Crippen LogP contribution is 2.17. The van der Waals surface area contributed by atoms with Crippen LogP contribution in [-0.2, 0) is 14.3 Å². The average Bonchev–Trinajstić information content (AvgIpc) is 2.57. The minimum Gasteiger partial charge on any atom is -0.462 e. The lowest BCUT2D eigenvalue weighted by atomic mass is 10.1. The van der Waals surface area contributed by atoms with Crippen LogP contribution in [-0.4, -0.2) is 42.9 Å². The van der Waals surface area contributed by atoms with Crippen LogP contribution in [0.2, 0.25) is 0 Å². The van der Waals surface area contributed by atoms with E-state index in [1.165, 1.54) is 6.92 Å². The third kappa shape index (κ3) is 7.20. The Hall–Kier alpha value is -3.10. The number of benzene rings is 1. The third-order valence-electron chi connectivity index (χ3n) is 3.32. The minimum atomic E-state index is -0.781. The molecule has 1 atom stereocenters. The molecule has 0 saturated heterocycles. The first kappa shape index (κ1) is 20.9. The molecule has 0 spiro atoms. The Morgan fingerprint density at radius 3 is 2.54 bits per heavy atom. The van der Waals surface area contributed by atoms with E-state index in [-0.39, 0.29) is 24.0 Å². The van der Waals surface area contributed by atoms with E-state index in [2.05, 4.69) is 15.6 Å². The second-order valence-electron chi connectivity index (χ2n) is 5.46. The van der Waals surface area contributed by atoms with Gasteiger partial charge in [-0.3, -0.25) is 14.6 Å². The second-order valence-corrected chi connectivity index (χ2v) is 5.46. The minimum absolute atomic E-state index is 0.0334. The van der Waals surface area contributed by atoms with Gasteiger partial charge in [0.2, 0.25) is 11.8 Å². The summed E-state index contributed by atoms with van der Waals surface area (Å²) < 4.78 is 4.98. The van der Waals surface area contributed by atoms with Gasteiger partial charge in [-0.25, -0.2) is 4.79 Å². The van der Waals surface area contributed by atoms with Gasteiger partial charge in [0.05, 0.1) is 17.9 Å². The van der Waals surface area contributed by atoms with Crippen LogP contribution < -0.4 is 22.1 Å². The quantitative estimate of drug-likeness (QED) is 0.215. The number of rotatable bonds is 9. The lowest BCUT2D eigenvalue weighted by Crippen LogP contribution is -2.43. The summed E-state index contributed by atoms with van der Waals surface area (Å²) >= 11 is 0. The zero-order chi connectivity index (χ0) is 19.5. The van der Waals surface area contributed by atoms with Crippen LogP contribution in [0.15, 0.2) is 29.3 Å².